The van der Waals surface area contributed by atoms with Gasteiger partial charge in [0.2, 0.25) is 0 Å². The van der Waals surface area contributed by atoms with Crippen LogP contribution in [0.25, 0.3) is 22.3 Å². The predicted molar refractivity (Wildman–Crippen MR) is 200 cm³/mol. The summed E-state index contributed by atoms with van der Waals surface area (Å²) >= 11 is 0. The average Bonchev–Trinajstić information content (AvgIpc) is 3.49. The number of rotatable bonds is 4. The van der Waals surface area contributed by atoms with Gasteiger partial charge in [-0.05, 0) is 62.7 Å². The van der Waals surface area contributed by atoms with Gasteiger partial charge >= 0.3 is 0 Å². The van der Waals surface area contributed by atoms with Crippen LogP contribution >= 0.6 is 0 Å². The molecule has 2 N–H and O–H groups in total. The van der Waals surface area contributed by atoms with Crippen LogP contribution in [0.4, 0.5) is 0 Å². The first kappa shape index (κ1) is 28.8. The SMILES string of the molecule is c1ccc(C2=NC(c3ccccc3)NC(c3cccc(-c4cccc5c4-c4ccccc4C54c5ccccc5Oc5ccccc54)c3)N2)cc1. The maximum Gasteiger partial charge on any atom is 0.132 e. The Morgan fingerprint density at radius 3 is 1.80 bits per heavy atom. The van der Waals surface area contributed by atoms with E-state index in [-0.39, 0.29) is 12.3 Å². The molecule has 2 atom stereocenters. The molecule has 7 aromatic carbocycles. The molecule has 0 bridgehead atoms. The highest BCUT2D eigenvalue weighted by Gasteiger charge is 2.51. The van der Waals surface area contributed by atoms with Crippen LogP contribution in [0, 0.1) is 0 Å². The van der Waals surface area contributed by atoms with Crippen molar-refractivity contribution >= 4 is 5.84 Å². The third-order valence-electron chi connectivity index (χ3n) is 10.4. The fourth-order valence-electron chi connectivity index (χ4n) is 8.31. The molecule has 2 aliphatic heterocycles. The molecule has 0 fully saturated rings. The zero-order chi connectivity index (χ0) is 33.1. The molecule has 238 valence electrons. The second-order valence-electron chi connectivity index (χ2n) is 13.1. The third kappa shape index (κ3) is 4.32. The highest BCUT2D eigenvalue weighted by molar-refractivity contribution is 6.00. The van der Waals surface area contributed by atoms with E-state index in [1.165, 1.54) is 44.5 Å². The second kappa shape index (κ2) is 11.4. The second-order valence-corrected chi connectivity index (χ2v) is 13.1. The Hall–Kier alpha value is -6.23. The van der Waals surface area contributed by atoms with Gasteiger partial charge in [-0.15, -0.1) is 0 Å². The van der Waals surface area contributed by atoms with Crippen LogP contribution in [0.3, 0.4) is 0 Å². The minimum atomic E-state index is -0.499. The molecule has 4 heteroatoms. The number of fused-ring (bicyclic) bond motifs is 9. The minimum Gasteiger partial charge on any atom is -0.457 e. The fraction of sp³-hybridized carbons (Fsp3) is 0.0652. The van der Waals surface area contributed by atoms with E-state index in [1.807, 2.05) is 12.1 Å². The van der Waals surface area contributed by atoms with Gasteiger partial charge in [-0.1, -0.05) is 158 Å². The van der Waals surface area contributed by atoms with Crippen molar-refractivity contribution < 1.29 is 4.74 Å². The summed E-state index contributed by atoms with van der Waals surface area (Å²) in [5, 5.41) is 7.51. The van der Waals surface area contributed by atoms with Crippen molar-refractivity contribution in [3.05, 3.63) is 215 Å². The Labute approximate surface area is 291 Å². The van der Waals surface area contributed by atoms with Gasteiger partial charge in [0.15, 0.2) is 0 Å². The van der Waals surface area contributed by atoms with Gasteiger partial charge in [0.05, 0.1) is 5.41 Å². The summed E-state index contributed by atoms with van der Waals surface area (Å²) in [6, 6.07) is 62.6. The lowest BCUT2D eigenvalue weighted by Crippen LogP contribution is -2.44. The summed E-state index contributed by atoms with van der Waals surface area (Å²) in [7, 11) is 0. The topological polar surface area (TPSA) is 45.7 Å². The number of aliphatic imine (C=N–C) groups is 1. The minimum absolute atomic E-state index is 0.155. The van der Waals surface area contributed by atoms with Crippen LogP contribution in [0.1, 0.15) is 51.3 Å². The molecule has 1 aliphatic carbocycles. The molecular formula is C46H33N3O. The zero-order valence-corrected chi connectivity index (χ0v) is 27.3. The quantitative estimate of drug-likeness (QED) is 0.201. The van der Waals surface area contributed by atoms with Crippen LogP contribution < -0.4 is 15.4 Å². The van der Waals surface area contributed by atoms with E-state index in [4.69, 9.17) is 9.73 Å². The Kier molecular flexibility index (Phi) is 6.58. The van der Waals surface area contributed by atoms with Gasteiger partial charge in [0.1, 0.15) is 29.7 Å². The van der Waals surface area contributed by atoms with Gasteiger partial charge in [0, 0.05) is 16.7 Å². The first-order chi connectivity index (χ1) is 24.8. The van der Waals surface area contributed by atoms with Crippen LogP contribution in [-0.4, -0.2) is 5.84 Å². The summed E-state index contributed by atoms with van der Waals surface area (Å²) in [5.41, 5.74) is 12.7. The standard InChI is InChI=1S/C46H33N3O/c1-3-15-30(16-4-1)43-47-44(31-17-5-2-6-18-31)49-45(48-43)33-20-13-19-32(29-33)34-22-14-26-39-42(34)35-21-7-8-23-36(35)46(39)37-24-9-11-27-40(37)50-41-28-12-10-25-38(41)46/h1-29,43,45,48H,(H,47,49). The number of nitrogens with zero attached hydrogens (tertiary/aromatic N) is 1. The molecule has 2 heterocycles. The molecule has 0 radical (unpaired) electrons. The monoisotopic (exact) mass is 643 g/mol. The maximum absolute atomic E-state index is 6.55. The summed E-state index contributed by atoms with van der Waals surface area (Å²) in [6.07, 6.45) is -0.347. The van der Waals surface area contributed by atoms with Crippen LogP contribution in [0.15, 0.2) is 181 Å². The molecule has 0 saturated carbocycles. The van der Waals surface area contributed by atoms with Gasteiger partial charge in [0.25, 0.3) is 0 Å². The first-order valence-electron chi connectivity index (χ1n) is 17.2. The number of benzene rings is 7. The smallest absolute Gasteiger partial charge is 0.132 e. The van der Waals surface area contributed by atoms with E-state index in [0.29, 0.717) is 0 Å². The number of amidine groups is 1. The number of para-hydroxylation sites is 2. The van der Waals surface area contributed by atoms with Crippen molar-refractivity contribution in [1.82, 2.24) is 10.6 Å². The maximum atomic E-state index is 6.55. The van der Waals surface area contributed by atoms with Crippen molar-refractivity contribution in [3.63, 3.8) is 0 Å². The highest BCUT2D eigenvalue weighted by atomic mass is 16.5. The van der Waals surface area contributed by atoms with Gasteiger partial charge < -0.3 is 10.1 Å². The average molecular weight is 644 g/mol. The lowest BCUT2D eigenvalue weighted by molar-refractivity contribution is 0.409. The van der Waals surface area contributed by atoms with E-state index < -0.39 is 5.41 Å². The molecule has 2 unspecified atom stereocenters. The van der Waals surface area contributed by atoms with Gasteiger partial charge in [-0.2, -0.15) is 0 Å². The summed E-state index contributed by atoms with van der Waals surface area (Å²) in [6.45, 7) is 0. The summed E-state index contributed by atoms with van der Waals surface area (Å²) in [4.78, 5) is 5.12. The van der Waals surface area contributed by atoms with E-state index >= 15 is 0 Å². The van der Waals surface area contributed by atoms with Crippen molar-refractivity contribution in [2.45, 2.75) is 17.7 Å². The predicted octanol–water partition coefficient (Wildman–Crippen LogP) is 10.2. The molecule has 7 aromatic rings. The van der Waals surface area contributed by atoms with Gasteiger partial charge in [-0.25, -0.2) is 4.99 Å². The normalized spacial score (nSPS) is 17.7. The Bertz CT molecular complexity index is 2390. The molecule has 3 aliphatic rings. The van der Waals surface area contributed by atoms with E-state index in [0.717, 1.165) is 34.0 Å². The van der Waals surface area contributed by atoms with E-state index in [2.05, 4.69) is 174 Å². The van der Waals surface area contributed by atoms with Crippen molar-refractivity contribution in [1.29, 1.82) is 0 Å². The zero-order valence-electron chi connectivity index (χ0n) is 27.3. The fourth-order valence-corrected chi connectivity index (χ4v) is 8.31. The molecule has 0 aromatic heterocycles. The molecule has 1 spiro atoms. The number of ether oxygens (including phenoxy) is 1. The summed E-state index contributed by atoms with van der Waals surface area (Å²) in [5.74, 6) is 2.68. The van der Waals surface area contributed by atoms with Crippen LogP contribution in [0.5, 0.6) is 11.5 Å². The molecule has 50 heavy (non-hydrogen) atoms. The lowest BCUT2D eigenvalue weighted by atomic mass is 9.66. The van der Waals surface area contributed by atoms with Crippen molar-refractivity contribution in [2.75, 3.05) is 0 Å². The molecule has 10 rings (SSSR count). The lowest BCUT2D eigenvalue weighted by Gasteiger charge is -2.39. The van der Waals surface area contributed by atoms with Crippen LogP contribution in [-0.2, 0) is 5.41 Å². The third-order valence-corrected chi connectivity index (χ3v) is 10.4. The Balaban J connectivity index is 1.13. The number of hydrogen-bond donors (Lipinski definition) is 2. The van der Waals surface area contributed by atoms with Crippen molar-refractivity contribution in [3.8, 4) is 33.8 Å². The molecular weight excluding hydrogens is 611 g/mol. The number of hydrogen-bond acceptors (Lipinski definition) is 4. The van der Waals surface area contributed by atoms with Crippen molar-refractivity contribution in [2.24, 2.45) is 4.99 Å². The molecule has 0 amide bonds. The largest absolute Gasteiger partial charge is 0.457 e. The molecule has 4 nitrogen and oxygen atoms in total. The molecule has 0 saturated heterocycles. The summed E-state index contributed by atoms with van der Waals surface area (Å²) < 4.78 is 6.55. The highest BCUT2D eigenvalue weighted by Crippen LogP contribution is 2.63. The number of nitrogens with one attached hydrogen (secondary N) is 2. The Morgan fingerprint density at radius 1 is 0.480 bits per heavy atom. The van der Waals surface area contributed by atoms with E-state index in [9.17, 15) is 0 Å². The Morgan fingerprint density at radius 2 is 1.04 bits per heavy atom. The van der Waals surface area contributed by atoms with Crippen LogP contribution in [0.2, 0.25) is 0 Å². The van der Waals surface area contributed by atoms with E-state index in [1.54, 1.807) is 0 Å². The first-order valence-corrected chi connectivity index (χ1v) is 17.2. The van der Waals surface area contributed by atoms with Gasteiger partial charge in [-0.3, -0.25) is 5.32 Å².